The molecular formula is C8H8O8S2. The van der Waals surface area contributed by atoms with Crippen LogP contribution in [0.15, 0.2) is 28.0 Å². The zero-order valence-electron chi connectivity index (χ0n) is 8.64. The van der Waals surface area contributed by atoms with Gasteiger partial charge in [0.2, 0.25) is 0 Å². The van der Waals surface area contributed by atoms with Gasteiger partial charge in [-0.1, -0.05) is 0 Å². The van der Waals surface area contributed by atoms with Crippen LogP contribution < -0.4 is 0 Å². The molecular weight excluding hydrogens is 288 g/mol. The van der Waals surface area contributed by atoms with E-state index in [2.05, 4.69) is 0 Å². The molecule has 0 aromatic heterocycles. The molecule has 0 unspecified atom stereocenters. The molecule has 0 radical (unpaired) electrons. The standard InChI is InChI=1S/C8H8O8S2/c9-8(10)3-5-1-6(17(11,12)13)4-7(2-5)18(14,15)16/h1-2,4H,3H2,(H,9,10)(H,11,12,13)(H,14,15,16). The molecule has 0 spiro atoms. The lowest BCUT2D eigenvalue weighted by Crippen LogP contribution is -2.07. The van der Waals surface area contributed by atoms with Crippen molar-refractivity contribution in [2.24, 2.45) is 0 Å². The van der Waals surface area contributed by atoms with Crippen molar-refractivity contribution >= 4 is 26.2 Å². The molecule has 1 aromatic carbocycles. The second kappa shape index (κ2) is 4.65. The maximum absolute atomic E-state index is 10.9. The van der Waals surface area contributed by atoms with E-state index in [1.807, 2.05) is 0 Å². The Morgan fingerprint density at radius 3 is 1.61 bits per heavy atom. The van der Waals surface area contributed by atoms with Crippen LogP contribution in [0.25, 0.3) is 0 Å². The van der Waals surface area contributed by atoms with Gasteiger partial charge < -0.3 is 5.11 Å². The van der Waals surface area contributed by atoms with Gasteiger partial charge in [-0.2, -0.15) is 16.8 Å². The van der Waals surface area contributed by atoms with Crippen molar-refractivity contribution in [3.63, 3.8) is 0 Å². The fraction of sp³-hybridized carbons (Fsp3) is 0.125. The summed E-state index contributed by atoms with van der Waals surface area (Å²) in [5.74, 6) is -1.33. The molecule has 0 saturated carbocycles. The SMILES string of the molecule is O=C(O)Cc1cc(S(=O)(=O)O)cc(S(=O)(=O)O)c1. The van der Waals surface area contributed by atoms with Crippen LogP contribution in [0.2, 0.25) is 0 Å². The van der Waals surface area contributed by atoms with E-state index in [1.165, 1.54) is 0 Å². The van der Waals surface area contributed by atoms with Gasteiger partial charge in [0.05, 0.1) is 16.2 Å². The van der Waals surface area contributed by atoms with Crippen molar-refractivity contribution in [2.75, 3.05) is 0 Å². The highest BCUT2D eigenvalue weighted by atomic mass is 32.2. The summed E-state index contributed by atoms with van der Waals surface area (Å²) < 4.78 is 61.1. The van der Waals surface area contributed by atoms with E-state index in [9.17, 15) is 21.6 Å². The van der Waals surface area contributed by atoms with E-state index >= 15 is 0 Å². The highest BCUT2D eigenvalue weighted by Gasteiger charge is 2.18. The van der Waals surface area contributed by atoms with E-state index in [0.29, 0.717) is 6.07 Å². The van der Waals surface area contributed by atoms with Gasteiger partial charge in [0.15, 0.2) is 0 Å². The van der Waals surface area contributed by atoms with Gasteiger partial charge in [-0.3, -0.25) is 13.9 Å². The monoisotopic (exact) mass is 296 g/mol. The predicted octanol–water partition coefficient (Wildman–Crippen LogP) is -0.193. The van der Waals surface area contributed by atoms with Gasteiger partial charge in [-0.25, -0.2) is 0 Å². The molecule has 8 nitrogen and oxygen atoms in total. The molecule has 18 heavy (non-hydrogen) atoms. The average molecular weight is 296 g/mol. The van der Waals surface area contributed by atoms with Crippen LogP contribution in [0.5, 0.6) is 0 Å². The zero-order valence-corrected chi connectivity index (χ0v) is 10.3. The first-order chi connectivity index (χ1) is 8.00. The minimum atomic E-state index is -4.71. The molecule has 100 valence electrons. The largest absolute Gasteiger partial charge is 0.481 e. The molecule has 0 amide bonds. The minimum absolute atomic E-state index is 0.190. The Bertz CT molecular complexity index is 636. The van der Waals surface area contributed by atoms with Gasteiger partial charge in [0.1, 0.15) is 0 Å². The maximum Gasteiger partial charge on any atom is 0.307 e. The summed E-state index contributed by atoms with van der Waals surface area (Å²) in [7, 11) is -9.42. The number of carbonyl (C=O) groups is 1. The number of hydrogen-bond donors (Lipinski definition) is 3. The van der Waals surface area contributed by atoms with Crippen molar-refractivity contribution in [3.8, 4) is 0 Å². The van der Waals surface area contributed by atoms with Gasteiger partial charge in [0.25, 0.3) is 20.2 Å². The molecule has 0 bridgehead atoms. The quantitative estimate of drug-likeness (QED) is 0.648. The van der Waals surface area contributed by atoms with Crippen LogP contribution in [0.3, 0.4) is 0 Å². The highest BCUT2D eigenvalue weighted by Crippen LogP contribution is 2.19. The van der Waals surface area contributed by atoms with Gasteiger partial charge in [-0.05, 0) is 23.8 Å². The van der Waals surface area contributed by atoms with Crippen LogP contribution in [0.1, 0.15) is 5.56 Å². The summed E-state index contributed by atoms with van der Waals surface area (Å²) in [5, 5.41) is 8.53. The number of aliphatic carboxylic acids is 1. The summed E-state index contributed by atoms with van der Waals surface area (Å²) in [4.78, 5) is 8.84. The fourth-order valence-corrected chi connectivity index (χ4v) is 2.43. The van der Waals surface area contributed by atoms with Crippen LogP contribution in [0.4, 0.5) is 0 Å². The molecule has 0 heterocycles. The Balaban J connectivity index is 3.53. The minimum Gasteiger partial charge on any atom is -0.481 e. The summed E-state index contributed by atoms with van der Waals surface area (Å²) in [6, 6.07) is 2.13. The maximum atomic E-state index is 10.9. The van der Waals surface area contributed by atoms with Gasteiger partial charge >= 0.3 is 5.97 Å². The molecule has 0 aliphatic carbocycles. The van der Waals surface area contributed by atoms with Crippen molar-refractivity contribution < 1.29 is 35.8 Å². The Kier molecular flexibility index (Phi) is 3.76. The van der Waals surface area contributed by atoms with E-state index in [-0.39, 0.29) is 5.56 Å². The van der Waals surface area contributed by atoms with E-state index in [0.717, 1.165) is 12.1 Å². The van der Waals surface area contributed by atoms with Crippen LogP contribution in [0, 0.1) is 0 Å². The normalized spacial score (nSPS) is 12.3. The van der Waals surface area contributed by atoms with Crippen molar-refractivity contribution in [1.82, 2.24) is 0 Å². The predicted molar refractivity (Wildman–Crippen MR) is 57.4 cm³/mol. The number of carboxylic acids is 1. The topological polar surface area (TPSA) is 146 Å². The molecule has 1 rings (SSSR count). The first-order valence-corrected chi connectivity index (χ1v) is 7.19. The lowest BCUT2D eigenvalue weighted by molar-refractivity contribution is -0.136. The first kappa shape index (κ1) is 14.6. The average Bonchev–Trinajstić information content (AvgIpc) is 2.13. The van der Waals surface area contributed by atoms with Crippen LogP contribution >= 0.6 is 0 Å². The smallest absolute Gasteiger partial charge is 0.307 e. The second-order valence-electron chi connectivity index (χ2n) is 3.33. The Hall–Kier alpha value is -1.49. The molecule has 3 N–H and O–H groups in total. The summed E-state index contributed by atoms with van der Waals surface area (Å²) in [6.45, 7) is 0. The summed E-state index contributed by atoms with van der Waals surface area (Å²) >= 11 is 0. The second-order valence-corrected chi connectivity index (χ2v) is 6.18. The third-order valence-corrected chi connectivity index (χ3v) is 3.55. The Morgan fingerprint density at radius 1 is 0.944 bits per heavy atom. The Morgan fingerprint density at radius 2 is 1.33 bits per heavy atom. The molecule has 0 aliphatic heterocycles. The van der Waals surface area contributed by atoms with Gasteiger partial charge in [-0.15, -0.1) is 0 Å². The summed E-state index contributed by atoms with van der Waals surface area (Å²) in [5.41, 5.74) is -0.190. The molecule has 0 aliphatic rings. The van der Waals surface area contributed by atoms with Gasteiger partial charge in [0, 0.05) is 0 Å². The third-order valence-electron chi connectivity index (χ3n) is 1.89. The lowest BCUT2D eigenvalue weighted by Gasteiger charge is -2.04. The number of benzene rings is 1. The Labute approximate surface area is 102 Å². The molecule has 10 heteroatoms. The first-order valence-electron chi connectivity index (χ1n) is 4.31. The van der Waals surface area contributed by atoms with E-state index < -0.39 is 42.4 Å². The van der Waals surface area contributed by atoms with E-state index in [4.69, 9.17) is 14.2 Å². The number of hydrogen-bond acceptors (Lipinski definition) is 5. The number of rotatable bonds is 4. The summed E-state index contributed by atoms with van der Waals surface area (Å²) in [6.07, 6.45) is -0.661. The van der Waals surface area contributed by atoms with Crippen LogP contribution in [-0.4, -0.2) is 37.0 Å². The van der Waals surface area contributed by atoms with Crippen LogP contribution in [-0.2, 0) is 31.5 Å². The van der Waals surface area contributed by atoms with Crippen molar-refractivity contribution in [1.29, 1.82) is 0 Å². The molecule has 0 saturated heterocycles. The molecule has 1 aromatic rings. The van der Waals surface area contributed by atoms with Crippen molar-refractivity contribution in [2.45, 2.75) is 16.2 Å². The number of carboxylic acid groups (broad SMARTS) is 1. The zero-order chi connectivity index (χ0) is 14.1. The molecule has 0 atom stereocenters. The fourth-order valence-electron chi connectivity index (χ4n) is 1.21. The highest BCUT2D eigenvalue weighted by molar-refractivity contribution is 7.86. The van der Waals surface area contributed by atoms with E-state index in [1.54, 1.807) is 0 Å². The third kappa shape index (κ3) is 3.77. The lowest BCUT2D eigenvalue weighted by atomic mass is 10.1. The van der Waals surface area contributed by atoms with Crippen molar-refractivity contribution in [3.05, 3.63) is 23.8 Å². The molecule has 0 fully saturated rings.